The maximum atomic E-state index is 11.6. The third-order valence-corrected chi connectivity index (χ3v) is 2.35. The highest BCUT2D eigenvalue weighted by atomic mass is 16.5. The largest absolute Gasteiger partial charge is 0.496 e. The fourth-order valence-electron chi connectivity index (χ4n) is 1.45. The van der Waals surface area contributed by atoms with Crippen LogP contribution in [0.5, 0.6) is 5.75 Å². The molecule has 0 unspecified atom stereocenters. The summed E-state index contributed by atoms with van der Waals surface area (Å²) in [5.41, 5.74) is 0.766. The van der Waals surface area contributed by atoms with Gasteiger partial charge in [-0.25, -0.2) is 0 Å². The van der Waals surface area contributed by atoms with Crippen LogP contribution in [0.4, 0.5) is 0 Å². The van der Waals surface area contributed by atoms with Crippen LogP contribution >= 0.6 is 0 Å². The fraction of sp³-hybridized carbons (Fsp3) is 0.417. The summed E-state index contributed by atoms with van der Waals surface area (Å²) in [5, 5.41) is 20.2. The molecule has 0 saturated carbocycles. The normalized spacial score (nSPS) is 10.4. The zero-order valence-electron chi connectivity index (χ0n) is 9.72. The lowest BCUT2D eigenvalue weighted by Crippen LogP contribution is -2.40. The highest BCUT2D eigenvalue weighted by molar-refractivity contribution is 5.79. The van der Waals surface area contributed by atoms with Gasteiger partial charge < -0.3 is 20.3 Å². The second-order valence-corrected chi connectivity index (χ2v) is 3.62. The molecule has 5 nitrogen and oxygen atoms in total. The molecule has 0 aliphatic carbocycles. The number of rotatable bonds is 6. The second-order valence-electron chi connectivity index (χ2n) is 3.62. The van der Waals surface area contributed by atoms with Crippen LogP contribution in [-0.2, 0) is 11.2 Å². The minimum absolute atomic E-state index is 0.153. The van der Waals surface area contributed by atoms with Crippen LogP contribution < -0.4 is 10.1 Å². The van der Waals surface area contributed by atoms with E-state index < -0.39 is 6.04 Å². The first kappa shape index (κ1) is 13.5. The minimum atomic E-state index is -0.614. The average molecular weight is 239 g/mol. The summed E-state index contributed by atoms with van der Waals surface area (Å²) in [4.78, 5) is 11.6. The zero-order valence-corrected chi connectivity index (χ0v) is 9.72. The molecule has 0 bridgehead atoms. The smallest absolute Gasteiger partial charge is 0.224 e. The van der Waals surface area contributed by atoms with Crippen LogP contribution in [0, 0.1) is 0 Å². The number of nitrogens with one attached hydrogen (secondary N) is 1. The molecule has 5 heteroatoms. The molecule has 94 valence electrons. The Morgan fingerprint density at radius 3 is 2.59 bits per heavy atom. The summed E-state index contributed by atoms with van der Waals surface area (Å²) < 4.78 is 5.13. The highest BCUT2D eigenvalue weighted by Crippen LogP contribution is 2.17. The van der Waals surface area contributed by atoms with Gasteiger partial charge in [-0.05, 0) is 6.07 Å². The number of aliphatic hydroxyl groups excluding tert-OH is 2. The number of benzene rings is 1. The number of hydrogen-bond donors (Lipinski definition) is 3. The van der Waals surface area contributed by atoms with Gasteiger partial charge in [-0.3, -0.25) is 4.79 Å². The van der Waals surface area contributed by atoms with E-state index in [1.165, 1.54) is 0 Å². The summed E-state index contributed by atoms with van der Waals surface area (Å²) in [7, 11) is 1.54. The van der Waals surface area contributed by atoms with Gasteiger partial charge >= 0.3 is 0 Å². The van der Waals surface area contributed by atoms with Crippen LogP contribution in [0.25, 0.3) is 0 Å². The number of carbonyl (C=O) groups is 1. The first-order chi connectivity index (χ1) is 8.21. The number of hydrogen-bond acceptors (Lipinski definition) is 4. The Bertz CT molecular complexity index is 363. The SMILES string of the molecule is COc1ccccc1CC(=O)NC(CO)CO. The third-order valence-electron chi connectivity index (χ3n) is 2.35. The molecule has 0 heterocycles. The number of amides is 1. The van der Waals surface area contributed by atoms with E-state index in [2.05, 4.69) is 5.32 Å². The average Bonchev–Trinajstić information content (AvgIpc) is 2.36. The molecule has 0 saturated heterocycles. The summed E-state index contributed by atoms with van der Waals surface area (Å²) >= 11 is 0. The van der Waals surface area contributed by atoms with Crippen LogP contribution in [-0.4, -0.2) is 42.5 Å². The first-order valence-electron chi connectivity index (χ1n) is 5.34. The number of para-hydroxylation sites is 1. The lowest BCUT2D eigenvalue weighted by atomic mass is 10.1. The molecule has 0 aliphatic heterocycles. The van der Waals surface area contributed by atoms with Gasteiger partial charge in [0.15, 0.2) is 0 Å². The quantitative estimate of drug-likeness (QED) is 0.637. The molecule has 0 fully saturated rings. The number of carbonyl (C=O) groups excluding carboxylic acids is 1. The van der Waals surface area contributed by atoms with Crippen molar-refractivity contribution in [2.24, 2.45) is 0 Å². The van der Waals surface area contributed by atoms with Crippen LogP contribution in [0.3, 0.4) is 0 Å². The number of ether oxygens (including phenoxy) is 1. The Morgan fingerprint density at radius 2 is 2.00 bits per heavy atom. The molecule has 3 N–H and O–H groups in total. The third kappa shape index (κ3) is 4.05. The lowest BCUT2D eigenvalue weighted by molar-refractivity contribution is -0.121. The molecule has 1 aromatic rings. The van der Waals surface area contributed by atoms with E-state index in [1.54, 1.807) is 19.2 Å². The van der Waals surface area contributed by atoms with Crippen molar-refractivity contribution < 1.29 is 19.7 Å². The molecule has 17 heavy (non-hydrogen) atoms. The molecule has 1 rings (SSSR count). The van der Waals surface area contributed by atoms with Crippen molar-refractivity contribution >= 4 is 5.91 Å². The van der Waals surface area contributed by atoms with Crippen molar-refractivity contribution in [3.8, 4) is 5.75 Å². The fourth-order valence-corrected chi connectivity index (χ4v) is 1.45. The van der Waals surface area contributed by atoms with Gasteiger partial charge in [0.2, 0.25) is 5.91 Å². The Labute approximate surface area is 100 Å². The molecule has 1 amide bonds. The van der Waals surface area contributed by atoms with Gasteiger partial charge in [-0.15, -0.1) is 0 Å². The maximum absolute atomic E-state index is 11.6. The van der Waals surface area contributed by atoms with Crippen molar-refractivity contribution in [3.05, 3.63) is 29.8 Å². The van der Waals surface area contributed by atoms with E-state index in [9.17, 15) is 4.79 Å². The van der Waals surface area contributed by atoms with Crippen molar-refractivity contribution in [2.75, 3.05) is 20.3 Å². The van der Waals surface area contributed by atoms with Crippen molar-refractivity contribution in [1.82, 2.24) is 5.32 Å². The van der Waals surface area contributed by atoms with Gasteiger partial charge in [-0.1, -0.05) is 18.2 Å². The summed E-state index contributed by atoms with van der Waals surface area (Å²) in [6, 6.07) is 6.60. The van der Waals surface area contributed by atoms with Gasteiger partial charge in [0.25, 0.3) is 0 Å². The van der Waals surface area contributed by atoms with Gasteiger partial charge in [0.05, 0.1) is 32.8 Å². The number of methoxy groups -OCH3 is 1. The van der Waals surface area contributed by atoms with Crippen molar-refractivity contribution in [3.63, 3.8) is 0 Å². The Balaban J connectivity index is 2.61. The van der Waals surface area contributed by atoms with E-state index in [0.717, 1.165) is 5.56 Å². The van der Waals surface area contributed by atoms with Crippen LogP contribution in [0.2, 0.25) is 0 Å². The highest BCUT2D eigenvalue weighted by Gasteiger charge is 2.12. The van der Waals surface area contributed by atoms with Crippen molar-refractivity contribution in [2.45, 2.75) is 12.5 Å². The van der Waals surface area contributed by atoms with E-state index >= 15 is 0 Å². The van der Waals surface area contributed by atoms with Crippen LogP contribution in [0.15, 0.2) is 24.3 Å². The molecule has 1 aromatic carbocycles. The van der Waals surface area contributed by atoms with Crippen LogP contribution in [0.1, 0.15) is 5.56 Å². The molecular weight excluding hydrogens is 222 g/mol. The lowest BCUT2D eigenvalue weighted by Gasteiger charge is -2.14. The first-order valence-corrected chi connectivity index (χ1v) is 5.34. The Kier molecular flexibility index (Phi) is 5.45. The van der Waals surface area contributed by atoms with Gasteiger partial charge in [0.1, 0.15) is 5.75 Å². The molecule has 0 aliphatic rings. The van der Waals surface area contributed by atoms with E-state index in [0.29, 0.717) is 5.75 Å². The second kappa shape index (κ2) is 6.88. The Morgan fingerprint density at radius 1 is 1.35 bits per heavy atom. The summed E-state index contributed by atoms with van der Waals surface area (Å²) in [5.74, 6) is 0.384. The van der Waals surface area contributed by atoms with E-state index in [1.807, 2.05) is 12.1 Å². The molecule has 0 atom stereocenters. The molecular formula is C12H17NO4. The molecule has 0 aromatic heterocycles. The monoisotopic (exact) mass is 239 g/mol. The maximum Gasteiger partial charge on any atom is 0.224 e. The van der Waals surface area contributed by atoms with E-state index in [-0.39, 0.29) is 25.5 Å². The van der Waals surface area contributed by atoms with Crippen molar-refractivity contribution in [1.29, 1.82) is 0 Å². The van der Waals surface area contributed by atoms with E-state index in [4.69, 9.17) is 14.9 Å². The topological polar surface area (TPSA) is 78.8 Å². The number of aliphatic hydroxyl groups is 2. The molecule has 0 radical (unpaired) electrons. The Hall–Kier alpha value is -1.59. The molecule has 0 spiro atoms. The standard InChI is InChI=1S/C12H17NO4/c1-17-11-5-3-2-4-9(11)6-12(16)13-10(7-14)8-15/h2-5,10,14-15H,6-8H2,1H3,(H,13,16). The predicted octanol–water partition coefficient (Wildman–Crippen LogP) is -0.293. The summed E-state index contributed by atoms with van der Waals surface area (Å²) in [6.45, 7) is -0.567. The summed E-state index contributed by atoms with van der Waals surface area (Å²) in [6.07, 6.45) is 0.153. The predicted molar refractivity (Wildman–Crippen MR) is 62.8 cm³/mol. The van der Waals surface area contributed by atoms with Gasteiger partial charge in [0, 0.05) is 5.56 Å². The van der Waals surface area contributed by atoms with Gasteiger partial charge in [-0.2, -0.15) is 0 Å². The zero-order chi connectivity index (χ0) is 12.7. The minimum Gasteiger partial charge on any atom is -0.496 e.